The number of aliphatic hydroxyl groups is 2. The first-order valence-electron chi connectivity index (χ1n) is 11.2. The molecular formula is C25H40O2. The second-order valence-electron chi connectivity index (χ2n) is 10.3. The van der Waals surface area contributed by atoms with Gasteiger partial charge in [0.05, 0.1) is 12.2 Å². The third-order valence-electron chi connectivity index (χ3n) is 7.87. The predicted molar refractivity (Wildman–Crippen MR) is 113 cm³/mol. The van der Waals surface area contributed by atoms with Gasteiger partial charge in [0.15, 0.2) is 0 Å². The topological polar surface area (TPSA) is 40.5 Å². The van der Waals surface area contributed by atoms with Crippen molar-refractivity contribution in [2.45, 2.75) is 91.3 Å². The van der Waals surface area contributed by atoms with E-state index in [1.165, 1.54) is 38.5 Å². The Morgan fingerprint density at radius 3 is 2.41 bits per heavy atom. The van der Waals surface area contributed by atoms with E-state index in [-0.39, 0.29) is 0 Å². The molecule has 0 saturated heterocycles. The van der Waals surface area contributed by atoms with Crippen molar-refractivity contribution < 1.29 is 10.2 Å². The Morgan fingerprint density at radius 1 is 1.11 bits per heavy atom. The molecule has 0 aliphatic heterocycles. The summed E-state index contributed by atoms with van der Waals surface area (Å²) in [5.41, 5.74) is 3.80. The van der Waals surface area contributed by atoms with Crippen molar-refractivity contribution in [1.29, 1.82) is 0 Å². The quantitative estimate of drug-likeness (QED) is 0.611. The lowest BCUT2D eigenvalue weighted by atomic mass is 9.60. The minimum absolute atomic E-state index is 0.455. The second-order valence-corrected chi connectivity index (χ2v) is 10.3. The average molecular weight is 373 g/mol. The van der Waals surface area contributed by atoms with E-state index in [4.69, 9.17) is 0 Å². The maximum Gasteiger partial charge on any atom is 0.0809 e. The molecule has 2 nitrogen and oxygen atoms in total. The Bertz CT molecular complexity index is 598. The van der Waals surface area contributed by atoms with Gasteiger partial charge in [0.2, 0.25) is 0 Å². The minimum Gasteiger partial charge on any atom is -0.388 e. The van der Waals surface area contributed by atoms with Crippen LogP contribution in [-0.2, 0) is 0 Å². The van der Waals surface area contributed by atoms with Crippen molar-refractivity contribution in [3.8, 4) is 0 Å². The molecule has 3 rings (SSSR count). The number of aliphatic hydroxyl groups excluding tert-OH is 2. The predicted octanol–water partition coefficient (Wildman–Crippen LogP) is 5.81. The second kappa shape index (κ2) is 8.25. The third-order valence-corrected chi connectivity index (χ3v) is 7.87. The molecule has 0 radical (unpaired) electrons. The highest BCUT2D eigenvalue weighted by Crippen LogP contribution is 2.60. The van der Waals surface area contributed by atoms with Gasteiger partial charge in [-0.1, -0.05) is 57.6 Å². The summed E-state index contributed by atoms with van der Waals surface area (Å²) in [6.07, 6.45) is 12.5. The van der Waals surface area contributed by atoms with E-state index in [0.29, 0.717) is 23.8 Å². The van der Waals surface area contributed by atoms with Gasteiger partial charge in [-0.3, -0.25) is 0 Å². The lowest BCUT2D eigenvalue weighted by molar-refractivity contribution is 0.0893. The summed E-state index contributed by atoms with van der Waals surface area (Å²) in [7, 11) is 0. The fourth-order valence-electron chi connectivity index (χ4n) is 6.55. The molecule has 152 valence electrons. The lowest BCUT2D eigenvalue weighted by Crippen LogP contribution is -2.36. The first-order valence-corrected chi connectivity index (χ1v) is 11.2. The van der Waals surface area contributed by atoms with Gasteiger partial charge in [-0.15, -0.1) is 0 Å². The van der Waals surface area contributed by atoms with Gasteiger partial charge >= 0.3 is 0 Å². The monoisotopic (exact) mass is 372 g/mol. The molecule has 6 atom stereocenters. The summed E-state index contributed by atoms with van der Waals surface area (Å²) in [5, 5.41) is 20.2. The zero-order valence-corrected chi connectivity index (χ0v) is 17.9. The molecule has 0 aromatic rings. The number of hydrogen-bond acceptors (Lipinski definition) is 2. The number of fused-ring (bicyclic) bond motifs is 1. The first kappa shape index (κ1) is 20.9. The first-order chi connectivity index (χ1) is 12.7. The van der Waals surface area contributed by atoms with Crippen LogP contribution in [0.5, 0.6) is 0 Å². The van der Waals surface area contributed by atoms with Crippen LogP contribution in [0.3, 0.4) is 0 Å². The Morgan fingerprint density at radius 2 is 1.78 bits per heavy atom. The zero-order chi connectivity index (χ0) is 19.8. The van der Waals surface area contributed by atoms with Crippen LogP contribution in [-0.4, -0.2) is 22.4 Å². The van der Waals surface area contributed by atoms with Crippen molar-refractivity contribution in [1.82, 2.24) is 0 Å². The van der Waals surface area contributed by atoms with Gasteiger partial charge in [-0.2, -0.15) is 0 Å². The minimum atomic E-state index is -0.595. The van der Waals surface area contributed by atoms with Crippen LogP contribution in [0.4, 0.5) is 0 Å². The molecule has 3 fully saturated rings. The summed E-state index contributed by atoms with van der Waals surface area (Å²) in [5.74, 6) is 3.16. The van der Waals surface area contributed by atoms with Crippen molar-refractivity contribution in [2.24, 2.45) is 29.1 Å². The highest BCUT2D eigenvalue weighted by atomic mass is 16.3. The average Bonchev–Trinajstić information content (AvgIpc) is 2.94. The van der Waals surface area contributed by atoms with E-state index in [2.05, 4.69) is 46.4 Å². The highest BCUT2D eigenvalue weighted by molar-refractivity contribution is 5.29. The molecule has 2 unspecified atom stereocenters. The van der Waals surface area contributed by atoms with E-state index in [1.807, 2.05) is 0 Å². The summed E-state index contributed by atoms with van der Waals surface area (Å²) in [6.45, 7) is 13.6. The van der Waals surface area contributed by atoms with Crippen molar-refractivity contribution >= 4 is 0 Å². The van der Waals surface area contributed by atoms with Gasteiger partial charge in [0.25, 0.3) is 0 Å². The fourth-order valence-corrected chi connectivity index (χ4v) is 6.55. The van der Waals surface area contributed by atoms with E-state index in [9.17, 15) is 10.2 Å². The van der Waals surface area contributed by atoms with Crippen LogP contribution in [0.1, 0.15) is 79.1 Å². The van der Waals surface area contributed by atoms with Crippen LogP contribution in [0.2, 0.25) is 0 Å². The van der Waals surface area contributed by atoms with Crippen LogP contribution < -0.4 is 0 Å². The summed E-state index contributed by atoms with van der Waals surface area (Å²) in [4.78, 5) is 0. The van der Waals surface area contributed by atoms with E-state index >= 15 is 0 Å². The zero-order valence-electron chi connectivity index (χ0n) is 17.9. The lowest BCUT2D eigenvalue weighted by Gasteiger charge is -2.44. The van der Waals surface area contributed by atoms with Crippen LogP contribution in [0, 0.1) is 29.1 Å². The number of rotatable bonds is 4. The van der Waals surface area contributed by atoms with Crippen LogP contribution >= 0.6 is 0 Å². The fraction of sp³-hybridized carbons (Fsp3) is 0.760. The molecule has 0 aromatic heterocycles. The molecular weight excluding hydrogens is 332 g/mol. The molecule has 3 aliphatic rings. The van der Waals surface area contributed by atoms with Gasteiger partial charge in [0.1, 0.15) is 0 Å². The van der Waals surface area contributed by atoms with Gasteiger partial charge in [-0.05, 0) is 86.0 Å². The Kier molecular flexibility index (Phi) is 6.37. The molecule has 0 aromatic carbocycles. The van der Waals surface area contributed by atoms with Gasteiger partial charge < -0.3 is 10.2 Å². The molecule has 2 N–H and O–H groups in total. The van der Waals surface area contributed by atoms with Crippen molar-refractivity contribution in [2.75, 3.05) is 0 Å². The van der Waals surface area contributed by atoms with E-state index in [1.54, 1.807) is 5.57 Å². The van der Waals surface area contributed by atoms with E-state index < -0.39 is 12.2 Å². The summed E-state index contributed by atoms with van der Waals surface area (Å²) < 4.78 is 0. The number of hydrogen-bond donors (Lipinski definition) is 2. The highest BCUT2D eigenvalue weighted by Gasteiger charge is 2.50. The molecule has 0 amide bonds. The maximum atomic E-state index is 10.1. The maximum absolute atomic E-state index is 10.1. The summed E-state index contributed by atoms with van der Waals surface area (Å²) >= 11 is 0. The normalized spacial score (nSPS) is 39.7. The number of allylic oxidation sites excluding steroid dienone is 3. The Hall–Kier alpha value is -0.860. The standard InChI is InChI=1S/C25H40O2/c1-16(2)13-17(3)21-10-11-22-20(7-6-12-25(21,22)5)9-8-19-14-23(26)18(4)24(27)15-19/h8-9,16-17,21-24,26-27H,4,6-7,10-15H2,1-3,5H3/b20-9+/t17-,21?,22?,23+,24+,25+/m0/s1. The molecule has 27 heavy (non-hydrogen) atoms. The summed E-state index contributed by atoms with van der Waals surface area (Å²) in [6, 6.07) is 0. The Labute approximate surface area is 166 Å². The van der Waals surface area contributed by atoms with Crippen molar-refractivity contribution in [3.63, 3.8) is 0 Å². The largest absolute Gasteiger partial charge is 0.388 e. The van der Waals surface area contributed by atoms with Crippen LogP contribution in [0.25, 0.3) is 0 Å². The van der Waals surface area contributed by atoms with E-state index in [0.717, 1.165) is 29.2 Å². The van der Waals surface area contributed by atoms with Gasteiger partial charge in [0, 0.05) is 0 Å². The third kappa shape index (κ3) is 4.27. The van der Waals surface area contributed by atoms with Crippen molar-refractivity contribution in [3.05, 3.63) is 35.5 Å². The molecule has 0 spiro atoms. The molecule has 3 saturated carbocycles. The molecule has 3 aliphatic carbocycles. The molecule has 2 heteroatoms. The van der Waals surface area contributed by atoms with Crippen LogP contribution in [0.15, 0.2) is 35.5 Å². The van der Waals surface area contributed by atoms with Gasteiger partial charge in [-0.25, -0.2) is 0 Å². The smallest absolute Gasteiger partial charge is 0.0809 e. The molecule has 0 bridgehead atoms. The Balaban J connectivity index is 1.76. The SMILES string of the molecule is C=C1[C@H](O)CC(=C/C=C2\CCC[C@@]3(C)C2CCC3[C@@H](C)CC(C)C)C[C@H]1O. The molecule has 0 heterocycles.